The second-order valence-corrected chi connectivity index (χ2v) is 6.00. The summed E-state index contributed by atoms with van der Waals surface area (Å²) in [7, 11) is 1.28. The number of methoxy groups -OCH3 is 1. The van der Waals surface area contributed by atoms with E-state index in [2.05, 4.69) is 5.32 Å². The maximum absolute atomic E-state index is 12.8. The zero-order chi connectivity index (χ0) is 16.4. The van der Waals surface area contributed by atoms with Crippen LogP contribution in [0, 0.1) is 5.92 Å². The minimum Gasteiger partial charge on any atom is -0.468 e. The molecule has 1 heterocycles. The maximum Gasteiger partial charge on any atom is 0.393 e. The van der Waals surface area contributed by atoms with Crippen molar-refractivity contribution in [3.8, 4) is 0 Å². The molecule has 8 heteroatoms. The third-order valence-corrected chi connectivity index (χ3v) is 4.60. The fourth-order valence-electron chi connectivity index (χ4n) is 3.01. The lowest BCUT2D eigenvalue weighted by atomic mass is 9.76. The Morgan fingerprint density at radius 3 is 2.50 bits per heavy atom. The van der Waals surface area contributed by atoms with Crippen molar-refractivity contribution in [3.63, 3.8) is 0 Å². The molecule has 5 nitrogen and oxygen atoms in total. The number of carbonyl (C=O) groups is 2. The van der Waals surface area contributed by atoms with Crippen molar-refractivity contribution in [2.45, 2.75) is 43.8 Å². The van der Waals surface area contributed by atoms with Gasteiger partial charge in [-0.25, -0.2) is 0 Å². The Hall–Kier alpha value is -1.31. The van der Waals surface area contributed by atoms with E-state index in [1.807, 2.05) is 0 Å². The highest BCUT2D eigenvalue weighted by Gasteiger charge is 2.46. The molecule has 0 spiro atoms. The standard InChI is InChI=1S/C14H21F3N2O3/c1-22-12(21)13(5-3-6-13)18-8-11(20)19-7-2-4-10(9-19)14(15,16)17/h10,18H,2-9H2,1H3. The van der Waals surface area contributed by atoms with E-state index < -0.39 is 29.5 Å². The highest BCUT2D eigenvalue weighted by Crippen LogP contribution is 2.34. The molecular weight excluding hydrogens is 301 g/mol. The minimum absolute atomic E-state index is 0.0623. The molecule has 1 saturated heterocycles. The van der Waals surface area contributed by atoms with Gasteiger partial charge >= 0.3 is 12.1 Å². The first-order chi connectivity index (χ1) is 10.3. The van der Waals surface area contributed by atoms with E-state index in [0.29, 0.717) is 25.8 Å². The lowest BCUT2D eigenvalue weighted by Gasteiger charge is -2.40. The van der Waals surface area contributed by atoms with E-state index in [-0.39, 0.29) is 19.5 Å². The molecular formula is C14H21F3N2O3. The van der Waals surface area contributed by atoms with Gasteiger partial charge in [-0.3, -0.25) is 14.9 Å². The van der Waals surface area contributed by atoms with Gasteiger partial charge in [0.05, 0.1) is 19.6 Å². The number of nitrogens with zero attached hydrogens (tertiary/aromatic N) is 1. The van der Waals surface area contributed by atoms with Gasteiger partial charge in [0.25, 0.3) is 0 Å². The molecule has 0 bridgehead atoms. The normalized spacial score (nSPS) is 24.5. The van der Waals surface area contributed by atoms with Gasteiger partial charge in [0.1, 0.15) is 5.54 Å². The number of rotatable bonds is 4. The van der Waals surface area contributed by atoms with Gasteiger partial charge in [-0.1, -0.05) is 0 Å². The summed E-state index contributed by atoms with van der Waals surface area (Å²) < 4.78 is 43.0. The van der Waals surface area contributed by atoms with Crippen molar-refractivity contribution in [2.75, 3.05) is 26.7 Å². The highest BCUT2D eigenvalue weighted by atomic mass is 19.4. The third-order valence-electron chi connectivity index (χ3n) is 4.60. The molecule has 126 valence electrons. The van der Waals surface area contributed by atoms with Gasteiger partial charge in [0.15, 0.2) is 0 Å². The molecule has 0 aromatic rings. The van der Waals surface area contributed by atoms with Crippen LogP contribution in [-0.2, 0) is 14.3 Å². The molecule has 0 aromatic heterocycles. The summed E-state index contributed by atoms with van der Waals surface area (Å²) in [5.74, 6) is -2.27. The van der Waals surface area contributed by atoms with Gasteiger partial charge < -0.3 is 9.64 Å². The van der Waals surface area contributed by atoms with E-state index in [1.54, 1.807) is 0 Å². The number of likely N-dealkylation sites (tertiary alicyclic amines) is 1. The van der Waals surface area contributed by atoms with E-state index >= 15 is 0 Å². The second-order valence-electron chi connectivity index (χ2n) is 6.00. The van der Waals surface area contributed by atoms with Crippen molar-refractivity contribution in [1.29, 1.82) is 0 Å². The topological polar surface area (TPSA) is 58.6 Å². The van der Waals surface area contributed by atoms with Gasteiger partial charge in [0.2, 0.25) is 5.91 Å². The fraction of sp³-hybridized carbons (Fsp3) is 0.857. The molecule has 0 aromatic carbocycles. The number of hydrogen-bond acceptors (Lipinski definition) is 4. The summed E-state index contributed by atoms with van der Waals surface area (Å²) >= 11 is 0. The van der Waals surface area contributed by atoms with Crippen molar-refractivity contribution in [3.05, 3.63) is 0 Å². The van der Waals surface area contributed by atoms with Crippen molar-refractivity contribution in [1.82, 2.24) is 10.2 Å². The van der Waals surface area contributed by atoms with E-state index in [1.165, 1.54) is 12.0 Å². The molecule has 2 fully saturated rings. The molecule has 2 rings (SSSR count). The van der Waals surface area contributed by atoms with Gasteiger partial charge in [-0.15, -0.1) is 0 Å². The molecule has 1 unspecified atom stereocenters. The highest BCUT2D eigenvalue weighted by molar-refractivity contribution is 5.84. The largest absolute Gasteiger partial charge is 0.468 e. The lowest BCUT2D eigenvalue weighted by molar-refractivity contribution is -0.188. The maximum atomic E-state index is 12.8. The van der Waals surface area contributed by atoms with Crippen LogP contribution < -0.4 is 5.32 Å². The molecule has 1 saturated carbocycles. The van der Waals surface area contributed by atoms with Crippen molar-refractivity contribution < 1.29 is 27.5 Å². The number of carbonyl (C=O) groups excluding carboxylic acids is 2. The lowest BCUT2D eigenvalue weighted by Crippen LogP contribution is -2.60. The van der Waals surface area contributed by atoms with Gasteiger partial charge in [-0.05, 0) is 32.1 Å². The van der Waals surface area contributed by atoms with Crippen LogP contribution in [0.25, 0.3) is 0 Å². The average molecular weight is 322 g/mol. The van der Waals surface area contributed by atoms with Crippen LogP contribution in [0.2, 0.25) is 0 Å². The fourth-order valence-corrected chi connectivity index (χ4v) is 3.01. The number of alkyl halides is 3. The summed E-state index contributed by atoms with van der Waals surface area (Å²) in [6, 6.07) is 0. The average Bonchev–Trinajstić information content (AvgIpc) is 2.44. The van der Waals surface area contributed by atoms with E-state index in [4.69, 9.17) is 4.74 Å². The van der Waals surface area contributed by atoms with Crippen LogP contribution >= 0.6 is 0 Å². The van der Waals surface area contributed by atoms with Gasteiger partial charge in [-0.2, -0.15) is 13.2 Å². The molecule has 1 N–H and O–H groups in total. The predicted octanol–water partition coefficient (Wildman–Crippen LogP) is 1.47. The zero-order valence-corrected chi connectivity index (χ0v) is 12.5. The summed E-state index contributed by atoms with van der Waals surface area (Å²) in [6.07, 6.45) is -1.84. The Labute approximate surface area is 127 Å². The number of nitrogens with one attached hydrogen (secondary N) is 1. The SMILES string of the molecule is COC(=O)C1(NCC(=O)N2CCCC(C(F)(F)F)C2)CCC1. The number of amides is 1. The van der Waals surface area contributed by atoms with Crippen LogP contribution in [0.3, 0.4) is 0 Å². The van der Waals surface area contributed by atoms with Crippen molar-refractivity contribution >= 4 is 11.9 Å². The Balaban J connectivity index is 1.88. The Morgan fingerprint density at radius 1 is 1.32 bits per heavy atom. The summed E-state index contributed by atoms with van der Waals surface area (Å²) in [6.45, 7) is -0.104. The summed E-state index contributed by atoms with van der Waals surface area (Å²) in [5.41, 5.74) is -0.844. The number of esters is 1. The Morgan fingerprint density at radius 2 is 2.00 bits per heavy atom. The number of halogens is 3. The second kappa shape index (κ2) is 6.44. The van der Waals surface area contributed by atoms with Crippen LogP contribution in [0.1, 0.15) is 32.1 Å². The van der Waals surface area contributed by atoms with Crippen LogP contribution in [0.4, 0.5) is 13.2 Å². The van der Waals surface area contributed by atoms with E-state index in [9.17, 15) is 22.8 Å². The smallest absolute Gasteiger partial charge is 0.393 e. The quantitative estimate of drug-likeness (QED) is 0.797. The Bertz CT molecular complexity index is 436. The molecule has 1 aliphatic heterocycles. The van der Waals surface area contributed by atoms with Crippen LogP contribution in [0.15, 0.2) is 0 Å². The monoisotopic (exact) mass is 322 g/mol. The number of piperidine rings is 1. The molecule has 1 atom stereocenters. The predicted molar refractivity (Wildman–Crippen MR) is 72.0 cm³/mol. The minimum atomic E-state index is -4.27. The first-order valence-corrected chi connectivity index (χ1v) is 7.46. The molecule has 1 aliphatic carbocycles. The molecule has 2 aliphatic rings. The number of ether oxygens (including phenoxy) is 1. The molecule has 0 radical (unpaired) electrons. The molecule has 1 amide bonds. The number of hydrogen-bond donors (Lipinski definition) is 1. The first-order valence-electron chi connectivity index (χ1n) is 7.46. The van der Waals surface area contributed by atoms with Crippen LogP contribution in [-0.4, -0.2) is 55.2 Å². The zero-order valence-electron chi connectivity index (χ0n) is 12.5. The summed E-state index contributed by atoms with van der Waals surface area (Å²) in [5, 5.41) is 2.89. The molecule has 22 heavy (non-hydrogen) atoms. The van der Waals surface area contributed by atoms with Crippen LogP contribution in [0.5, 0.6) is 0 Å². The Kier molecular flexibility index (Phi) is 4.99. The van der Waals surface area contributed by atoms with Crippen molar-refractivity contribution in [2.24, 2.45) is 5.92 Å². The third kappa shape index (κ3) is 3.53. The van der Waals surface area contributed by atoms with E-state index in [0.717, 1.165) is 6.42 Å². The first kappa shape index (κ1) is 17.1. The summed E-state index contributed by atoms with van der Waals surface area (Å²) in [4.78, 5) is 25.1. The van der Waals surface area contributed by atoms with Gasteiger partial charge in [0, 0.05) is 13.1 Å².